The second kappa shape index (κ2) is 5.11. The molecule has 21 heavy (non-hydrogen) atoms. The standard InChI is InChI=1S/C13H16FN3O4/c1-4-13(14)10(19)9(7(3)18)21-11(13)17-6(2)5-8(15)16-12(17)20/h1,5,7,9-11,18-19H,2-3H3,(H2,15,16,20)/t7-,9+,10?,11+,13+/m0/s1. The lowest BCUT2D eigenvalue weighted by atomic mass is 9.95. The normalized spacial score (nSPS) is 33.6. The average molecular weight is 297 g/mol. The van der Waals surface area contributed by atoms with Gasteiger partial charge in [-0.3, -0.25) is 4.57 Å². The van der Waals surface area contributed by atoms with Crippen molar-refractivity contribution in [1.82, 2.24) is 9.55 Å². The van der Waals surface area contributed by atoms with Crippen molar-refractivity contribution in [2.24, 2.45) is 0 Å². The van der Waals surface area contributed by atoms with E-state index in [4.69, 9.17) is 16.9 Å². The average Bonchev–Trinajstić information content (AvgIpc) is 2.63. The van der Waals surface area contributed by atoms with E-state index in [1.165, 1.54) is 19.9 Å². The van der Waals surface area contributed by atoms with Gasteiger partial charge in [0.1, 0.15) is 18.0 Å². The van der Waals surface area contributed by atoms with Gasteiger partial charge < -0.3 is 20.7 Å². The fraction of sp³-hybridized carbons (Fsp3) is 0.538. The molecule has 114 valence electrons. The maximum Gasteiger partial charge on any atom is 0.351 e. The molecule has 1 aliphatic heterocycles. The summed E-state index contributed by atoms with van der Waals surface area (Å²) in [4.78, 5) is 15.4. The van der Waals surface area contributed by atoms with Crippen molar-refractivity contribution in [2.45, 2.75) is 44.1 Å². The summed E-state index contributed by atoms with van der Waals surface area (Å²) in [7, 11) is 0. The van der Waals surface area contributed by atoms with Gasteiger partial charge in [0.15, 0.2) is 6.23 Å². The van der Waals surface area contributed by atoms with E-state index in [-0.39, 0.29) is 11.5 Å². The van der Waals surface area contributed by atoms with E-state index in [0.717, 1.165) is 4.57 Å². The predicted octanol–water partition coefficient (Wildman–Crippen LogP) is -0.885. The van der Waals surface area contributed by atoms with Crippen LogP contribution in [0.15, 0.2) is 10.9 Å². The van der Waals surface area contributed by atoms with Crippen molar-refractivity contribution < 1.29 is 19.3 Å². The molecule has 8 heteroatoms. The number of hydrogen-bond acceptors (Lipinski definition) is 6. The fourth-order valence-electron chi connectivity index (χ4n) is 2.41. The molecule has 0 bridgehead atoms. The van der Waals surface area contributed by atoms with E-state index >= 15 is 0 Å². The summed E-state index contributed by atoms with van der Waals surface area (Å²) >= 11 is 0. The van der Waals surface area contributed by atoms with E-state index in [1.807, 2.05) is 5.92 Å². The van der Waals surface area contributed by atoms with Crippen molar-refractivity contribution in [1.29, 1.82) is 0 Å². The molecule has 0 aliphatic carbocycles. The van der Waals surface area contributed by atoms with Gasteiger partial charge in [0.2, 0.25) is 5.67 Å². The minimum atomic E-state index is -2.67. The summed E-state index contributed by atoms with van der Waals surface area (Å²) in [5, 5.41) is 19.5. The van der Waals surface area contributed by atoms with Crippen LogP contribution in [0.3, 0.4) is 0 Å². The number of nitrogen functional groups attached to an aromatic ring is 1. The molecule has 1 saturated heterocycles. The number of rotatable bonds is 2. The first-order valence-corrected chi connectivity index (χ1v) is 6.26. The number of terminal acetylenes is 1. The van der Waals surface area contributed by atoms with E-state index < -0.39 is 35.9 Å². The molecule has 1 aliphatic rings. The molecule has 0 amide bonds. The number of halogens is 1. The Bertz CT molecular complexity index is 654. The van der Waals surface area contributed by atoms with Crippen LogP contribution in [0.25, 0.3) is 0 Å². The molecule has 1 unspecified atom stereocenters. The number of anilines is 1. The molecule has 2 rings (SSSR count). The van der Waals surface area contributed by atoms with Crippen LogP contribution in [0.1, 0.15) is 18.8 Å². The van der Waals surface area contributed by atoms with Crippen LogP contribution in [0.2, 0.25) is 0 Å². The molecule has 0 spiro atoms. The van der Waals surface area contributed by atoms with Gasteiger partial charge in [0.05, 0.1) is 6.10 Å². The third-order valence-corrected chi connectivity index (χ3v) is 3.49. The highest BCUT2D eigenvalue weighted by Gasteiger charge is 2.59. The molecule has 0 radical (unpaired) electrons. The highest BCUT2D eigenvalue weighted by molar-refractivity contribution is 5.29. The number of aryl methyl sites for hydroxylation is 1. The van der Waals surface area contributed by atoms with Crippen molar-refractivity contribution in [2.75, 3.05) is 5.73 Å². The van der Waals surface area contributed by atoms with Crippen LogP contribution in [-0.2, 0) is 4.74 Å². The molecule has 5 atom stereocenters. The van der Waals surface area contributed by atoms with E-state index in [9.17, 15) is 19.4 Å². The zero-order valence-corrected chi connectivity index (χ0v) is 11.5. The first-order chi connectivity index (χ1) is 9.72. The van der Waals surface area contributed by atoms with E-state index in [1.54, 1.807) is 0 Å². The third-order valence-electron chi connectivity index (χ3n) is 3.49. The van der Waals surface area contributed by atoms with Crippen molar-refractivity contribution >= 4 is 5.82 Å². The Hall–Kier alpha value is -1.95. The van der Waals surface area contributed by atoms with Crippen LogP contribution < -0.4 is 11.4 Å². The highest BCUT2D eigenvalue weighted by atomic mass is 19.1. The van der Waals surface area contributed by atoms with Crippen molar-refractivity contribution in [3.8, 4) is 12.3 Å². The Morgan fingerprint density at radius 3 is 2.81 bits per heavy atom. The van der Waals surface area contributed by atoms with Crippen LogP contribution in [0.4, 0.5) is 10.2 Å². The smallest absolute Gasteiger partial charge is 0.351 e. The second-order valence-electron chi connectivity index (χ2n) is 5.03. The summed E-state index contributed by atoms with van der Waals surface area (Å²) in [6.07, 6.45) is -0.648. The Morgan fingerprint density at radius 1 is 1.71 bits per heavy atom. The minimum absolute atomic E-state index is 0.0236. The largest absolute Gasteiger partial charge is 0.391 e. The number of hydrogen-bond donors (Lipinski definition) is 3. The van der Waals surface area contributed by atoms with Crippen molar-refractivity contribution in [3.63, 3.8) is 0 Å². The number of nitrogens with two attached hydrogens (primary N) is 1. The van der Waals surface area contributed by atoms with Gasteiger partial charge in [0, 0.05) is 5.69 Å². The Kier molecular flexibility index (Phi) is 3.76. The van der Waals surface area contributed by atoms with Gasteiger partial charge in [-0.15, -0.1) is 6.42 Å². The predicted molar refractivity (Wildman–Crippen MR) is 71.9 cm³/mol. The maximum atomic E-state index is 14.9. The number of ether oxygens (including phenoxy) is 1. The molecule has 1 aromatic rings. The van der Waals surface area contributed by atoms with Gasteiger partial charge in [-0.05, 0) is 19.9 Å². The summed E-state index contributed by atoms with van der Waals surface area (Å²) in [5.74, 6) is 1.80. The molecule has 0 aromatic carbocycles. The minimum Gasteiger partial charge on any atom is -0.391 e. The van der Waals surface area contributed by atoms with Gasteiger partial charge in [-0.2, -0.15) is 4.98 Å². The van der Waals surface area contributed by atoms with Gasteiger partial charge in [0.25, 0.3) is 0 Å². The van der Waals surface area contributed by atoms with Gasteiger partial charge in [-0.1, -0.05) is 5.92 Å². The summed E-state index contributed by atoms with van der Waals surface area (Å²) in [6, 6.07) is 1.35. The van der Waals surface area contributed by atoms with Gasteiger partial charge in [-0.25, -0.2) is 9.18 Å². The zero-order chi connectivity index (χ0) is 15.9. The topological polar surface area (TPSA) is 111 Å². The van der Waals surface area contributed by atoms with Crippen molar-refractivity contribution in [3.05, 3.63) is 22.2 Å². The van der Waals surface area contributed by atoms with E-state index in [0.29, 0.717) is 0 Å². The molecule has 1 fully saturated rings. The number of alkyl halides is 1. The third kappa shape index (κ3) is 2.29. The van der Waals surface area contributed by atoms with Crippen LogP contribution >= 0.6 is 0 Å². The van der Waals surface area contributed by atoms with Crippen LogP contribution in [0.5, 0.6) is 0 Å². The SMILES string of the molecule is C#C[C@@]1(F)C(O)[C@@H]([C@H](C)O)O[C@H]1n1c(C)cc(N)nc1=O. The second-order valence-corrected chi connectivity index (χ2v) is 5.03. The lowest BCUT2D eigenvalue weighted by Crippen LogP contribution is -2.45. The lowest BCUT2D eigenvalue weighted by Gasteiger charge is -2.25. The summed E-state index contributed by atoms with van der Waals surface area (Å²) in [6.45, 7) is 2.83. The summed E-state index contributed by atoms with van der Waals surface area (Å²) in [5.41, 5.74) is 2.19. The fourth-order valence-corrected chi connectivity index (χ4v) is 2.41. The molecule has 2 heterocycles. The monoisotopic (exact) mass is 297 g/mol. The number of aliphatic hydroxyl groups excluding tert-OH is 2. The first kappa shape index (κ1) is 15.4. The lowest BCUT2D eigenvalue weighted by molar-refractivity contribution is -0.0808. The van der Waals surface area contributed by atoms with Crippen LogP contribution in [-0.4, -0.2) is 43.7 Å². The first-order valence-electron chi connectivity index (χ1n) is 6.26. The molecular weight excluding hydrogens is 281 g/mol. The number of aliphatic hydroxyl groups is 2. The molecular formula is C13H16FN3O4. The Labute approximate surface area is 120 Å². The van der Waals surface area contributed by atoms with Crippen LogP contribution in [0, 0.1) is 19.3 Å². The summed E-state index contributed by atoms with van der Waals surface area (Å²) < 4.78 is 21.1. The molecule has 7 nitrogen and oxygen atoms in total. The van der Waals surface area contributed by atoms with Gasteiger partial charge >= 0.3 is 5.69 Å². The molecule has 1 aromatic heterocycles. The number of nitrogens with zero attached hydrogens (tertiary/aromatic N) is 2. The molecule has 0 saturated carbocycles. The Balaban J connectivity index is 2.59. The number of aromatic nitrogens is 2. The highest BCUT2D eigenvalue weighted by Crippen LogP contribution is 2.42. The van der Waals surface area contributed by atoms with E-state index in [2.05, 4.69) is 4.98 Å². The Morgan fingerprint density at radius 2 is 2.33 bits per heavy atom. The maximum absolute atomic E-state index is 14.9. The zero-order valence-electron chi connectivity index (χ0n) is 11.5. The quantitative estimate of drug-likeness (QED) is 0.611. The molecule has 4 N–H and O–H groups in total.